The van der Waals surface area contributed by atoms with E-state index in [9.17, 15) is 9.90 Å². The van der Waals surface area contributed by atoms with Gasteiger partial charge >= 0.3 is 0 Å². The van der Waals surface area contributed by atoms with Gasteiger partial charge in [-0.05, 0) is 36.4 Å². The van der Waals surface area contributed by atoms with Gasteiger partial charge in [-0.25, -0.2) is 4.98 Å². The van der Waals surface area contributed by atoms with E-state index in [1.165, 1.54) is 0 Å². The van der Waals surface area contributed by atoms with Crippen LogP contribution in [0.25, 0.3) is 5.69 Å². The van der Waals surface area contributed by atoms with E-state index in [2.05, 4.69) is 9.88 Å². The van der Waals surface area contributed by atoms with Crippen LogP contribution in [0.5, 0.6) is 5.75 Å². The van der Waals surface area contributed by atoms with Crippen molar-refractivity contribution in [3.63, 3.8) is 0 Å². The van der Waals surface area contributed by atoms with Crippen molar-refractivity contribution >= 4 is 11.6 Å². The van der Waals surface area contributed by atoms with Crippen LogP contribution in [0.2, 0.25) is 0 Å². The van der Waals surface area contributed by atoms with Gasteiger partial charge in [0, 0.05) is 61.6 Å². The summed E-state index contributed by atoms with van der Waals surface area (Å²) in [4.78, 5) is 20.8. The van der Waals surface area contributed by atoms with Gasteiger partial charge in [0.05, 0.1) is 6.33 Å². The fraction of sp³-hybridized carbons (Fsp3) is 0.200. The quantitative estimate of drug-likeness (QED) is 0.790. The van der Waals surface area contributed by atoms with Crippen molar-refractivity contribution in [2.75, 3.05) is 31.1 Å². The fourth-order valence-corrected chi connectivity index (χ4v) is 3.23. The first kappa shape index (κ1) is 16.2. The molecule has 6 heteroatoms. The predicted octanol–water partition coefficient (Wildman–Crippen LogP) is 2.54. The van der Waals surface area contributed by atoms with Crippen molar-refractivity contribution in [2.45, 2.75) is 0 Å². The van der Waals surface area contributed by atoms with Gasteiger partial charge in [-0.1, -0.05) is 6.07 Å². The highest BCUT2D eigenvalue weighted by Crippen LogP contribution is 2.22. The van der Waals surface area contributed by atoms with Crippen molar-refractivity contribution in [3.8, 4) is 11.4 Å². The van der Waals surface area contributed by atoms with E-state index in [4.69, 9.17) is 0 Å². The maximum atomic E-state index is 12.7. The second-order valence-corrected chi connectivity index (χ2v) is 6.32. The maximum absolute atomic E-state index is 12.7. The molecule has 0 atom stereocenters. The number of rotatable bonds is 3. The number of phenols is 1. The van der Waals surface area contributed by atoms with E-state index in [-0.39, 0.29) is 11.7 Å². The van der Waals surface area contributed by atoms with Crippen LogP contribution in [0.3, 0.4) is 0 Å². The van der Waals surface area contributed by atoms with Crippen LogP contribution < -0.4 is 4.90 Å². The van der Waals surface area contributed by atoms with E-state index in [0.29, 0.717) is 18.7 Å². The number of phenolic OH excluding ortho intramolecular Hbond substituents is 1. The Morgan fingerprint density at radius 1 is 0.962 bits per heavy atom. The van der Waals surface area contributed by atoms with Crippen molar-refractivity contribution in [2.24, 2.45) is 0 Å². The van der Waals surface area contributed by atoms with Crippen LogP contribution in [0, 0.1) is 0 Å². The number of aromatic nitrogens is 2. The number of imidazole rings is 1. The highest BCUT2D eigenvalue weighted by atomic mass is 16.3. The van der Waals surface area contributed by atoms with E-state index >= 15 is 0 Å². The summed E-state index contributed by atoms with van der Waals surface area (Å²) in [6.45, 7) is 2.83. The Bertz CT molecular complexity index is 882. The number of carbonyl (C=O) groups excluding carboxylic acids is 1. The van der Waals surface area contributed by atoms with Crippen molar-refractivity contribution in [1.29, 1.82) is 0 Å². The molecule has 1 saturated heterocycles. The van der Waals surface area contributed by atoms with Crippen LogP contribution in [0.15, 0.2) is 67.3 Å². The molecular weight excluding hydrogens is 328 g/mol. The third-order valence-corrected chi connectivity index (χ3v) is 4.68. The number of aromatic hydroxyl groups is 1. The lowest BCUT2D eigenvalue weighted by Crippen LogP contribution is -2.48. The van der Waals surface area contributed by atoms with Gasteiger partial charge in [0.25, 0.3) is 5.91 Å². The van der Waals surface area contributed by atoms with E-state index in [1.807, 2.05) is 52.1 Å². The molecule has 2 aromatic carbocycles. The Morgan fingerprint density at radius 2 is 1.73 bits per heavy atom. The zero-order valence-corrected chi connectivity index (χ0v) is 14.3. The molecule has 4 rings (SSSR count). The fourth-order valence-electron chi connectivity index (χ4n) is 3.23. The number of carbonyl (C=O) groups is 1. The van der Waals surface area contributed by atoms with Crippen molar-refractivity contribution in [1.82, 2.24) is 14.5 Å². The summed E-state index contributed by atoms with van der Waals surface area (Å²) in [5, 5.41) is 9.63. The second-order valence-electron chi connectivity index (χ2n) is 6.32. The van der Waals surface area contributed by atoms with Gasteiger partial charge in [0.15, 0.2) is 0 Å². The molecule has 1 aliphatic heterocycles. The van der Waals surface area contributed by atoms with Crippen molar-refractivity contribution < 1.29 is 9.90 Å². The SMILES string of the molecule is O=C(c1ccc(-n2ccnc2)cc1)N1CCN(c2cccc(O)c2)CC1. The van der Waals surface area contributed by atoms with Gasteiger partial charge < -0.3 is 19.5 Å². The molecule has 0 bridgehead atoms. The Morgan fingerprint density at radius 3 is 2.38 bits per heavy atom. The molecule has 1 N–H and O–H groups in total. The molecule has 0 unspecified atom stereocenters. The largest absolute Gasteiger partial charge is 0.508 e. The zero-order valence-electron chi connectivity index (χ0n) is 14.3. The molecule has 0 aliphatic carbocycles. The molecule has 0 saturated carbocycles. The Balaban J connectivity index is 1.40. The number of anilines is 1. The number of amides is 1. The Kier molecular flexibility index (Phi) is 4.31. The average Bonchev–Trinajstić information content (AvgIpc) is 3.23. The monoisotopic (exact) mass is 348 g/mol. The molecule has 1 amide bonds. The summed E-state index contributed by atoms with van der Waals surface area (Å²) >= 11 is 0. The molecular formula is C20H20N4O2. The second kappa shape index (κ2) is 6.92. The lowest BCUT2D eigenvalue weighted by molar-refractivity contribution is 0.0747. The van der Waals surface area contributed by atoms with Crippen LogP contribution in [-0.4, -0.2) is 51.6 Å². The number of nitrogens with zero attached hydrogens (tertiary/aromatic N) is 4. The molecule has 26 heavy (non-hydrogen) atoms. The first-order valence-electron chi connectivity index (χ1n) is 8.62. The smallest absolute Gasteiger partial charge is 0.253 e. The normalized spacial score (nSPS) is 14.5. The molecule has 0 radical (unpaired) electrons. The lowest BCUT2D eigenvalue weighted by atomic mass is 10.1. The summed E-state index contributed by atoms with van der Waals surface area (Å²) in [6, 6.07) is 14.8. The Hall–Kier alpha value is -3.28. The van der Waals surface area contributed by atoms with Crippen LogP contribution in [-0.2, 0) is 0 Å². The zero-order chi connectivity index (χ0) is 17.9. The maximum Gasteiger partial charge on any atom is 0.253 e. The van der Waals surface area contributed by atoms with E-state index in [1.54, 1.807) is 24.7 Å². The average molecular weight is 348 g/mol. The first-order chi connectivity index (χ1) is 12.7. The van der Waals surface area contributed by atoms with Gasteiger partial charge in [-0.3, -0.25) is 4.79 Å². The molecule has 2 heterocycles. The van der Waals surface area contributed by atoms with Crippen molar-refractivity contribution in [3.05, 3.63) is 72.8 Å². The van der Waals surface area contributed by atoms with Gasteiger partial charge in [-0.2, -0.15) is 0 Å². The first-order valence-corrected chi connectivity index (χ1v) is 8.62. The number of piperazine rings is 1. The Labute approximate surface area is 151 Å². The highest BCUT2D eigenvalue weighted by Gasteiger charge is 2.22. The van der Waals surface area contributed by atoms with E-state index < -0.39 is 0 Å². The summed E-state index contributed by atoms with van der Waals surface area (Å²) in [5.74, 6) is 0.316. The topological polar surface area (TPSA) is 61.6 Å². The van der Waals surface area contributed by atoms with Crippen LogP contribution in [0.1, 0.15) is 10.4 Å². The highest BCUT2D eigenvalue weighted by molar-refractivity contribution is 5.94. The third-order valence-electron chi connectivity index (χ3n) is 4.68. The van der Waals surface area contributed by atoms with Crippen LogP contribution in [0.4, 0.5) is 5.69 Å². The summed E-state index contributed by atoms with van der Waals surface area (Å²) in [5.41, 5.74) is 2.66. The number of hydrogen-bond acceptors (Lipinski definition) is 4. The molecule has 6 nitrogen and oxygen atoms in total. The minimum atomic E-state index is 0.0535. The van der Waals surface area contributed by atoms with Gasteiger partial charge in [-0.15, -0.1) is 0 Å². The van der Waals surface area contributed by atoms with Gasteiger partial charge in [0.2, 0.25) is 0 Å². The molecule has 1 aromatic heterocycles. The van der Waals surface area contributed by atoms with Gasteiger partial charge in [0.1, 0.15) is 5.75 Å². The summed E-state index contributed by atoms with van der Waals surface area (Å²) in [7, 11) is 0. The standard InChI is InChI=1S/C20H20N4O2/c25-19-3-1-2-18(14-19)22-10-12-23(13-11-22)20(26)16-4-6-17(7-5-16)24-9-8-21-15-24/h1-9,14-15,25H,10-13H2. The minimum Gasteiger partial charge on any atom is -0.508 e. The van der Waals surface area contributed by atoms with Crippen LogP contribution >= 0.6 is 0 Å². The molecule has 3 aromatic rings. The predicted molar refractivity (Wildman–Crippen MR) is 99.8 cm³/mol. The molecule has 132 valence electrons. The number of hydrogen-bond donors (Lipinski definition) is 1. The number of benzene rings is 2. The molecule has 0 spiro atoms. The minimum absolute atomic E-state index is 0.0535. The third kappa shape index (κ3) is 3.26. The molecule has 1 fully saturated rings. The molecule has 1 aliphatic rings. The summed E-state index contributed by atoms with van der Waals surface area (Å²) < 4.78 is 1.91. The lowest BCUT2D eigenvalue weighted by Gasteiger charge is -2.36. The summed E-state index contributed by atoms with van der Waals surface area (Å²) in [6.07, 6.45) is 5.33. The van der Waals surface area contributed by atoms with E-state index in [0.717, 1.165) is 24.5 Å².